The van der Waals surface area contributed by atoms with Crippen molar-refractivity contribution in [2.45, 2.75) is 19.1 Å². The van der Waals surface area contributed by atoms with Gasteiger partial charge in [0, 0.05) is 43.9 Å². The molecule has 4 heterocycles. The lowest BCUT2D eigenvalue weighted by Gasteiger charge is -2.33. The van der Waals surface area contributed by atoms with Gasteiger partial charge in [-0.1, -0.05) is 11.6 Å². The normalized spacial score (nSPS) is 14.7. The third-order valence-corrected chi connectivity index (χ3v) is 6.42. The highest BCUT2D eigenvalue weighted by Gasteiger charge is 2.36. The number of hydrogen-bond donors (Lipinski definition) is 1. The van der Waals surface area contributed by atoms with Crippen LogP contribution in [0, 0.1) is 0 Å². The Morgan fingerprint density at radius 3 is 2.73 bits per heavy atom. The van der Waals surface area contributed by atoms with E-state index in [4.69, 9.17) is 20.8 Å². The second-order valence-corrected chi connectivity index (χ2v) is 8.97. The van der Waals surface area contributed by atoms with Crippen molar-refractivity contribution in [2.75, 3.05) is 44.3 Å². The summed E-state index contributed by atoms with van der Waals surface area (Å²) in [4.78, 5) is 32.6. The third kappa shape index (κ3) is 5.27. The van der Waals surface area contributed by atoms with Gasteiger partial charge in [-0.15, -0.1) is 0 Å². The molecular formula is C23H22ClF3N6O4. The molecule has 1 aliphatic heterocycles. The highest BCUT2D eigenvalue weighted by Crippen LogP contribution is 2.34. The lowest BCUT2D eigenvalue weighted by Crippen LogP contribution is -2.49. The van der Waals surface area contributed by atoms with Crippen LogP contribution in [-0.4, -0.2) is 69.9 Å². The van der Waals surface area contributed by atoms with Gasteiger partial charge in [0.15, 0.2) is 5.58 Å². The molecule has 14 heteroatoms. The number of piperazine rings is 1. The molecule has 0 saturated carbocycles. The first-order chi connectivity index (χ1) is 17.7. The van der Waals surface area contributed by atoms with Gasteiger partial charge >= 0.3 is 6.18 Å². The lowest BCUT2D eigenvalue weighted by atomic mass is 10.2. The molecule has 5 rings (SSSR count). The van der Waals surface area contributed by atoms with Crippen LogP contribution >= 0.6 is 11.6 Å². The third-order valence-electron chi connectivity index (χ3n) is 6.18. The maximum Gasteiger partial charge on any atom is 0.418 e. The second-order valence-electron chi connectivity index (χ2n) is 8.53. The monoisotopic (exact) mass is 538 g/mol. The molecule has 10 nitrogen and oxygen atoms in total. The average Bonchev–Trinajstić information content (AvgIpc) is 3.46. The Hall–Kier alpha value is -3.58. The zero-order chi connectivity index (χ0) is 26.2. The number of carbonyl (C=O) groups excluding carboxylic acids is 1. The first kappa shape index (κ1) is 25.1. The summed E-state index contributed by atoms with van der Waals surface area (Å²) < 4.78 is 52.6. The van der Waals surface area contributed by atoms with Crippen LogP contribution in [0.5, 0.6) is 0 Å². The fourth-order valence-electron chi connectivity index (χ4n) is 4.31. The number of aromatic amines is 1. The number of anilines is 1. The first-order valence-electron chi connectivity index (χ1n) is 11.5. The highest BCUT2D eigenvalue weighted by atomic mass is 35.5. The number of carbonyl (C=O) groups is 1. The smallest absolute Gasteiger partial charge is 0.418 e. The number of ether oxygens (including phenoxy) is 1. The largest absolute Gasteiger partial charge is 0.423 e. The van der Waals surface area contributed by atoms with Gasteiger partial charge in [0.25, 0.3) is 11.6 Å². The van der Waals surface area contributed by atoms with Gasteiger partial charge in [0.05, 0.1) is 42.3 Å². The van der Waals surface area contributed by atoms with Crippen LogP contribution < -0.4 is 10.5 Å². The number of benzene rings is 1. The number of H-pyrrole nitrogens is 1. The molecule has 1 aliphatic rings. The van der Waals surface area contributed by atoms with Crippen LogP contribution in [0.25, 0.3) is 22.0 Å². The van der Waals surface area contributed by atoms with Crippen molar-refractivity contribution < 1.29 is 27.1 Å². The fraction of sp³-hybridized carbons (Fsp3) is 0.391. The predicted octanol–water partition coefficient (Wildman–Crippen LogP) is 3.29. The van der Waals surface area contributed by atoms with E-state index in [1.807, 2.05) is 10.00 Å². The van der Waals surface area contributed by atoms with Gasteiger partial charge in [0.2, 0.25) is 5.91 Å². The summed E-state index contributed by atoms with van der Waals surface area (Å²) in [5.41, 5.74) is -0.558. The van der Waals surface area contributed by atoms with Crippen LogP contribution in [0.3, 0.4) is 0 Å². The molecule has 1 fully saturated rings. The second kappa shape index (κ2) is 10.1. The summed E-state index contributed by atoms with van der Waals surface area (Å²) in [7, 11) is 0. The summed E-state index contributed by atoms with van der Waals surface area (Å²) >= 11 is 6.00. The maximum absolute atomic E-state index is 13.3. The number of aromatic nitrogens is 4. The number of hydrogen-bond acceptors (Lipinski definition) is 7. The summed E-state index contributed by atoms with van der Waals surface area (Å²) in [6.45, 7) is 2.36. The van der Waals surface area contributed by atoms with E-state index >= 15 is 0 Å². The maximum atomic E-state index is 13.3. The first-order valence-corrected chi connectivity index (χ1v) is 11.9. The Morgan fingerprint density at radius 2 is 1.97 bits per heavy atom. The topological polar surface area (TPSA) is 109 Å². The zero-order valence-electron chi connectivity index (χ0n) is 19.4. The van der Waals surface area contributed by atoms with Crippen molar-refractivity contribution in [3.05, 3.63) is 51.5 Å². The van der Waals surface area contributed by atoms with Gasteiger partial charge in [-0.05, 0) is 18.2 Å². The van der Waals surface area contributed by atoms with E-state index in [-0.39, 0.29) is 37.6 Å². The fourth-order valence-corrected chi connectivity index (χ4v) is 4.48. The summed E-state index contributed by atoms with van der Waals surface area (Å²) in [6.07, 6.45) is -2.49. The molecule has 0 spiro atoms. The van der Waals surface area contributed by atoms with E-state index in [2.05, 4.69) is 10.1 Å². The van der Waals surface area contributed by atoms with E-state index in [1.165, 1.54) is 10.8 Å². The van der Waals surface area contributed by atoms with Gasteiger partial charge in [-0.3, -0.25) is 9.59 Å². The van der Waals surface area contributed by atoms with Crippen LogP contribution in [0.4, 0.5) is 19.2 Å². The molecule has 37 heavy (non-hydrogen) atoms. The number of nitrogens with one attached hydrogen (secondary N) is 1. The molecule has 0 atom stereocenters. The number of alkyl halides is 3. The molecule has 0 bridgehead atoms. The highest BCUT2D eigenvalue weighted by molar-refractivity contribution is 6.31. The number of nitrogens with zero attached hydrogens (tertiary/aromatic N) is 5. The molecular weight excluding hydrogens is 517 g/mol. The van der Waals surface area contributed by atoms with E-state index in [0.29, 0.717) is 48.3 Å². The van der Waals surface area contributed by atoms with E-state index < -0.39 is 22.7 Å². The Bertz CT molecular complexity index is 1490. The van der Waals surface area contributed by atoms with E-state index in [9.17, 15) is 22.8 Å². The Kier molecular flexibility index (Phi) is 6.82. The molecule has 196 valence electrons. The van der Waals surface area contributed by atoms with Gasteiger partial charge in [-0.25, -0.2) is 5.10 Å². The van der Waals surface area contributed by atoms with Gasteiger partial charge in [0.1, 0.15) is 5.52 Å². The van der Waals surface area contributed by atoms with Crippen molar-refractivity contribution in [2.24, 2.45) is 0 Å². The number of rotatable bonds is 7. The van der Waals surface area contributed by atoms with Crippen LogP contribution in [0.2, 0.25) is 5.02 Å². The minimum absolute atomic E-state index is 0.0654. The zero-order valence-corrected chi connectivity index (χ0v) is 20.2. The molecule has 1 saturated heterocycles. The minimum Gasteiger partial charge on any atom is -0.423 e. The molecule has 0 unspecified atom stereocenters. The molecule has 0 aliphatic carbocycles. The molecule has 4 aromatic rings. The quantitative estimate of drug-likeness (QED) is 0.360. The van der Waals surface area contributed by atoms with Crippen molar-refractivity contribution in [3.8, 4) is 0 Å². The SMILES string of the molecule is O=C(CCOCCn1cc(C(F)(F)F)c2c(=O)[nH]ncc21)N1CCN(c2nc3cc(Cl)ccc3o2)CC1. The van der Waals surface area contributed by atoms with Crippen LogP contribution in [0.1, 0.15) is 12.0 Å². The number of fused-ring (bicyclic) bond motifs is 2. The van der Waals surface area contributed by atoms with Gasteiger partial charge in [-0.2, -0.15) is 23.3 Å². The summed E-state index contributed by atoms with van der Waals surface area (Å²) in [5.74, 6) is -0.0782. The molecule has 0 radical (unpaired) electrons. The number of amides is 1. The minimum atomic E-state index is -4.68. The Morgan fingerprint density at radius 1 is 1.19 bits per heavy atom. The van der Waals surface area contributed by atoms with E-state index in [0.717, 1.165) is 6.20 Å². The van der Waals surface area contributed by atoms with Gasteiger partial charge < -0.3 is 23.5 Å². The van der Waals surface area contributed by atoms with Crippen molar-refractivity contribution in [3.63, 3.8) is 0 Å². The lowest BCUT2D eigenvalue weighted by molar-refractivity contribution is -0.136. The molecule has 1 amide bonds. The van der Waals surface area contributed by atoms with Crippen molar-refractivity contribution in [1.82, 2.24) is 24.6 Å². The van der Waals surface area contributed by atoms with Crippen molar-refractivity contribution in [1.29, 1.82) is 0 Å². The standard InChI is InChI=1S/C23H22ClF3N6O4/c24-14-1-2-18-16(11-14)29-22(37-18)32-6-4-31(5-7-32)19(34)3-9-36-10-8-33-13-15(23(25,26)27)20-17(33)12-28-30-21(20)35/h1-2,11-13H,3-10H2,(H,30,35). The average molecular weight is 539 g/mol. The predicted molar refractivity (Wildman–Crippen MR) is 129 cm³/mol. The Labute approximate surface area is 212 Å². The van der Waals surface area contributed by atoms with Crippen LogP contribution in [-0.2, 0) is 22.3 Å². The summed E-state index contributed by atoms with van der Waals surface area (Å²) in [5, 5.41) is 5.74. The number of halogens is 4. The molecule has 1 aromatic carbocycles. The molecule has 3 aromatic heterocycles. The van der Waals surface area contributed by atoms with Crippen LogP contribution in [0.15, 0.2) is 39.8 Å². The van der Waals surface area contributed by atoms with Crippen molar-refractivity contribution >= 4 is 45.5 Å². The molecule has 1 N–H and O–H groups in total. The van der Waals surface area contributed by atoms with E-state index in [1.54, 1.807) is 23.1 Å². The summed E-state index contributed by atoms with van der Waals surface area (Å²) in [6, 6.07) is 5.71. The number of oxazole rings is 1. The Balaban J connectivity index is 1.09.